The SMILES string of the molecule is Cc1cc(C)c(S(=O)(=O)N2CCOC(C)C2)cc1CO. The van der Waals surface area contributed by atoms with Gasteiger partial charge in [-0.25, -0.2) is 8.42 Å². The molecular formula is C14H21NO4S. The van der Waals surface area contributed by atoms with E-state index in [1.54, 1.807) is 13.0 Å². The van der Waals surface area contributed by atoms with E-state index in [1.165, 1.54) is 4.31 Å². The quantitative estimate of drug-likeness (QED) is 0.911. The van der Waals surface area contributed by atoms with Crippen LogP contribution in [0.3, 0.4) is 0 Å². The van der Waals surface area contributed by atoms with Crippen molar-refractivity contribution >= 4 is 10.0 Å². The van der Waals surface area contributed by atoms with Gasteiger partial charge in [0.2, 0.25) is 10.0 Å². The molecule has 0 spiro atoms. The number of nitrogens with zero attached hydrogens (tertiary/aromatic N) is 1. The number of rotatable bonds is 3. The Balaban J connectivity index is 2.43. The lowest BCUT2D eigenvalue weighted by Gasteiger charge is -2.30. The van der Waals surface area contributed by atoms with Crippen LogP contribution >= 0.6 is 0 Å². The summed E-state index contributed by atoms with van der Waals surface area (Å²) >= 11 is 0. The highest BCUT2D eigenvalue weighted by Crippen LogP contribution is 2.25. The molecule has 0 aliphatic carbocycles. The summed E-state index contributed by atoms with van der Waals surface area (Å²) in [7, 11) is -3.53. The van der Waals surface area contributed by atoms with Gasteiger partial charge >= 0.3 is 0 Å². The maximum atomic E-state index is 12.7. The Morgan fingerprint density at radius 2 is 2.05 bits per heavy atom. The van der Waals surface area contributed by atoms with Gasteiger partial charge in [0, 0.05) is 13.1 Å². The Morgan fingerprint density at radius 3 is 2.65 bits per heavy atom. The fourth-order valence-electron chi connectivity index (χ4n) is 2.47. The monoisotopic (exact) mass is 299 g/mol. The minimum atomic E-state index is -3.53. The van der Waals surface area contributed by atoms with Gasteiger partial charge in [-0.1, -0.05) is 6.07 Å². The number of benzene rings is 1. The molecule has 1 aliphatic heterocycles. The second-order valence-corrected chi connectivity index (χ2v) is 7.15. The van der Waals surface area contributed by atoms with Crippen LogP contribution in [0.25, 0.3) is 0 Å². The topological polar surface area (TPSA) is 66.8 Å². The number of aliphatic hydroxyl groups excluding tert-OH is 1. The fourth-order valence-corrected chi connectivity index (χ4v) is 4.22. The Bertz CT molecular complexity index is 597. The zero-order valence-corrected chi connectivity index (χ0v) is 12.9. The highest BCUT2D eigenvalue weighted by Gasteiger charge is 2.30. The van der Waals surface area contributed by atoms with Gasteiger partial charge in [0.05, 0.1) is 24.2 Å². The molecule has 0 bridgehead atoms. The van der Waals surface area contributed by atoms with E-state index in [0.29, 0.717) is 30.8 Å². The Morgan fingerprint density at radius 1 is 1.35 bits per heavy atom. The molecule has 1 saturated heterocycles. The zero-order chi connectivity index (χ0) is 14.9. The first-order valence-electron chi connectivity index (χ1n) is 6.69. The van der Waals surface area contributed by atoms with Crippen molar-refractivity contribution in [2.24, 2.45) is 0 Å². The molecule has 1 heterocycles. The molecular weight excluding hydrogens is 278 g/mol. The van der Waals surface area contributed by atoms with Crippen molar-refractivity contribution in [1.82, 2.24) is 4.31 Å². The van der Waals surface area contributed by atoms with Crippen molar-refractivity contribution in [2.45, 2.75) is 38.4 Å². The number of morpholine rings is 1. The van der Waals surface area contributed by atoms with Crippen molar-refractivity contribution in [3.63, 3.8) is 0 Å². The summed E-state index contributed by atoms with van der Waals surface area (Å²) in [6, 6.07) is 3.39. The summed E-state index contributed by atoms with van der Waals surface area (Å²) in [5.41, 5.74) is 2.26. The molecule has 6 heteroatoms. The van der Waals surface area contributed by atoms with Crippen LogP contribution in [-0.4, -0.2) is 43.6 Å². The third kappa shape index (κ3) is 2.88. The van der Waals surface area contributed by atoms with E-state index in [-0.39, 0.29) is 17.6 Å². The summed E-state index contributed by atoms with van der Waals surface area (Å²) in [6.45, 7) is 6.50. The Kier molecular flexibility index (Phi) is 4.49. The standard InChI is InChI=1S/C14H21NO4S/c1-10-6-11(2)14(7-13(10)9-16)20(17,18)15-4-5-19-12(3)8-15/h6-7,12,16H,4-5,8-9H2,1-3H3. The second kappa shape index (κ2) is 5.81. The predicted molar refractivity (Wildman–Crippen MR) is 76.0 cm³/mol. The molecule has 2 rings (SSSR count). The van der Waals surface area contributed by atoms with Crippen LogP contribution in [-0.2, 0) is 21.4 Å². The normalized spacial score (nSPS) is 21.1. The number of hydrogen-bond acceptors (Lipinski definition) is 4. The molecule has 1 N–H and O–H groups in total. The lowest BCUT2D eigenvalue weighted by molar-refractivity contribution is 0.0101. The molecule has 1 aromatic carbocycles. The molecule has 0 radical (unpaired) electrons. The summed E-state index contributed by atoms with van der Waals surface area (Å²) < 4.78 is 32.3. The number of ether oxygens (including phenoxy) is 1. The van der Waals surface area contributed by atoms with E-state index in [4.69, 9.17) is 4.74 Å². The zero-order valence-electron chi connectivity index (χ0n) is 12.1. The van der Waals surface area contributed by atoms with Crippen molar-refractivity contribution in [3.8, 4) is 0 Å². The van der Waals surface area contributed by atoms with E-state index >= 15 is 0 Å². The molecule has 5 nitrogen and oxygen atoms in total. The van der Waals surface area contributed by atoms with Crippen LogP contribution in [0.2, 0.25) is 0 Å². The molecule has 112 valence electrons. The Hall–Kier alpha value is -0.950. The Labute approximate surface area is 120 Å². The molecule has 1 unspecified atom stereocenters. The largest absolute Gasteiger partial charge is 0.392 e. The first-order valence-corrected chi connectivity index (χ1v) is 8.13. The average Bonchev–Trinajstić information content (AvgIpc) is 2.38. The molecule has 1 aliphatic rings. The predicted octanol–water partition coefficient (Wildman–Crippen LogP) is 1.21. The molecule has 1 aromatic rings. The third-order valence-electron chi connectivity index (χ3n) is 3.63. The van der Waals surface area contributed by atoms with E-state index < -0.39 is 10.0 Å². The van der Waals surface area contributed by atoms with E-state index in [0.717, 1.165) is 5.56 Å². The molecule has 0 saturated carbocycles. The highest BCUT2D eigenvalue weighted by molar-refractivity contribution is 7.89. The number of aliphatic hydroxyl groups is 1. The van der Waals surface area contributed by atoms with Gasteiger partial charge in [-0.15, -0.1) is 0 Å². The van der Waals surface area contributed by atoms with Crippen LogP contribution in [0.1, 0.15) is 23.6 Å². The lowest BCUT2D eigenvalue weighted by atomic mass is 10.1. The first-order chi connectivity index (χ1) is 9.36. The first kappa shape index (κ1) is 15.4. The van der Waals surface area contributed by atoms with Crippen LogP contribution in [0.4, 0.5) is 0 Å². The van der Waals surface area contributed by atoms with Gasteiger partial charge in [0.15, 0.2) is 0 Å². The number of hydrogen-bond donors (Lipinski definition) is 1. The summed E-state index contributed by atoms with van der Waals surface area (Å²) in [5, 5.41) is 9.32. The van der Waals surface area contributed by atoms with Crippen LogP contribution in [0.15, 0.2) is 17.0 Å². The molecule has 1 fully saturated rings. The second-order valence-electron chi connectivity index (χ2n) is 5.25. The van der Waals surface area contributed by atoms with E-state index in [1.807, 2.05) is 19.9 Å². The summed E-state index contributed by atoms with van der Waals surface area (Å²) in [6.07, 6.45) is -0.0957. The highest BCUT2D eigenvalue weighted by atomic mass is 32.2. The van der Waals surface area contributed by atoms with Crippen molar-refractivity contribution < 1.29 is 18.3 Å². The third-order valence-corrected chi connectivity index (χ3v) is 5.63. The lowest BCUT2D eigenvalue weighted by Crippen LogP contribution is -2.44. The van der Waals surface area contributed by atoms with Gasteiger partial charge in [-0.2, -0.15) is 4.31 Å². The van der Waals surface area contributed by atoms with Crippen LogP contribution < -0.4 is 0 Å². The smallest absolute Gasteiger partial charge is 0.243 e. The van der Waals surface area contributed by atoms with Crippen molar-refractivity contribution in [3.05, 3.63) is 28.8 Å². The van der Waals surface area contributed by atoms with E-state index in [2.05, 4.69) is 0 Å². The number of sulfonamides is 1. The van der Waals surface area contributed by atoms with Gasteiger partial charge in [0.1, 0.15) is 0 Å². The minimum Gasteiger partial charge on any atom is -0.392 e. The maximum absolute atomic E-state index is 12.7. The van der Waals surface area contributed by atoms with E-state index in [9.17, 15) is 13.5 Å². The molecule has 0 aromatic heterocycles. The van der Waals surface area contributed by atoms with Crippen molar-refractivity contribution in [2.75, 3.05) is 19.7 Å². The summed E-state index contributed by atoms with van der Waals surface area (Å²) in [5.74, 6) is 0. The van der Waals surface area contributed by atoms with Gasteiger partial charge in [0.25, 0.3) is 0 Å². The molecule has 0 amide bonds. The maximum Gasteiger partial charge on any atom is 0.243 e. The van der Waals surface area contributed by atoms with Crippen LogP contribution in [0.5, 0.6) is 0 Å². The van der Waals surface area contributed by atoms with Crippen molar-refractivity contribution in [1.29, 1.82) is 0 Å². The minimum absolute atomic E-state index is 0.0957. The molecule has 20 heavy (non-hydrogen) atoms. The summed E-state index contributed by atoms with van der Waals surface area (Å²) in [4.78, 5) is 0.279. The fraction of sp³-hybridized carbons (Fsp3) is 0.571. The van der Waals surface area contributed by atoms with Crippen LogP contribution in [0, 0.1) is 13.8 Å². The molecule has 1 atom stereocenters. The van der Waals surface area contributed by atoms with Gasteiger partial charge < -0.3 is 9.84 Å². The number of aryl methyl sites for hydroxylation is 2. The van der Waals surface area contributed by atoms with Gasteiger partial charge in [-0.3, -0.25) is 0 Å². The van der Waals surface area contributed by atoms with Gasteiger partial charge in [-0.05, 0) is 43.5 Å². The average molecular weight is 299 g/mol.